The van der Waals surface area contributed by atoms with Crippen molar-refractivity contribution in [2.45, 2.75) is 32.7 Å². The molecule has 2 aromatic rings. The van der Waals surface area contributed by atoms with E-state index in [0.29, 0.717) is 5.69 Å². The van der Waals surface area contributed by atoms with Gasteiger partial charge in [0.25, 0.3) is 5.91 Å². The number of anilines is 1. The summed E-state index contributed by atoms with van der Waals surface area (Å²) < 4.78 is 0. The predicted molar refractivity (Wildman–Crippen MR) is 97.0 cm³/mol. The molecule has 3 rings (SSSR count). The van der Waals surface area contributed by atoms with E-state index in [1.54, 1.807) is 6.07 Å². The van der Waals surface area contributed by atoms with Gasteiger partial charge in [0.05, 0.1) is 6.04 Å². The number of rotatable bonds is 2. The molecular formula is C19H23ClN2O. The fraction of sp³-hybridized carbons (Fsp3) is 0.316. The minimum absolute atomic E-state index is 0. The van der Waals surface area contributed by atoms with Crippen molar-refractivity contribution in [1.29, 1.82) is 0 Å². The summed E-state index contributed by atoms with van der Waals surface area (Å²) in [4.78, 5) is 15.0. The summed E-state index contributed by atoms with van der Waals surface area (Å²) in [7, 11) is 0. The van der Waals surface area contributed by atoms with E-state index < -0.39 is 0 Å². The Balaban J connectivity index is 0.00000192. The molecule has 1 aliphatic heterocycles. The number of nitrogens with zero attached hydrogens (tertiary/aromatic N) is 1. The van der Waals surface area contributed by atoms with Crippen LogP contribution in [0.2, 0.25) is 0 Å². The Morgan fingerprint density at radius 3 is 2.70 bits per heavy atom. The van der Waals surface area contributed by atoms with E-state index in [0.717, 1.165) is 30.5 Å². The molecule has 1 heterocycles. The number of carbonyl (C=O) groups is 1. The molecule has 3 nitrogen and oxygen atoms in total. The number of carbonyl (C=O) groups excluding carboxylic acids is 1. The number of likely N-dealkylation sites (tertiary alicyclic amines) is 1. The third-order valence-corrected chi connectivity index (χ3v) is 4.43. The number of hydrogen-bond acceptors (Lipinski definition) is 2. The molecule has 2 aromatic carbocycles. The van der Waals surface area contributed by atoms with Crippen LogP contribution in [-0.4, -0.2) is 17.4 Å². The number of amides is 1. The van der Waals surface area contributed by atoms with Crippen molar-refractivity contribution in [3.63, 3.8) is 0 Å². The van der Waals surface area contributed by atoms with Gasteiger partial charge in [-0.3, -0.25) is 4.79 Å². The Kier molecular flexibility index (Phi) is 5.32. The maximum absolute atomic E-state index is 13.0. The van der Waals surface area contributed by atoms with Crippen LogP contribution in [0.15, 0.2) is 42.5 Å². The maximum Gasteiger partial charge on any atom is 0.254 e. The lowest BCUT2D eigenvalue weighted by Gasteiger charge is -2.26. The molecule has 0 radical (unpaired) electrons. The number of nitrogen functional groups attached to an aromatic ring is 1. The summed E-state index contributed by atoms with van der Waals surface area (Å²) >= 11 is 0. The number of halogens is 1. The van der Waals surface area contributed by atoms with Gasteiger partial charge in [0.15, 0.2) is 0 Å². The minimum Gasteiger partial charge on any atom is -0.399 e. The highest BCUT2D eigenvalue weighted by atomic mass is 35.5. The fourth-order valence-corrected chi connectivity index (χ4v) is 3.26. The van der Waals surface area contributed by atoms with Crippen molar-refractivity contribution in [2.24, 2.45) is 0 Å². The Labute approximate surface area is 143 Å². The molecule has 0 spiro atoms. The molecule has 0 saturated carbocycles. The summed E-state index contributed by atoms with van der Waals surface area (Å²) in [6, 6.07) is 14.2. The smallest absolute Gasteiger partial charge is 0.254 e. The van der Waals surface area contributed by atoms with Crippen LogP contribution < -0.4 is 5.73 Å². The number of hydrogen-bond donors (Lipinski definition) is 1. The van der Waals surface area contributed by atoms with E-state index >= 15 is 0 Å². The molecule has 1 unspecified atom stereocenters. The van der Waals surface area contributed by atoms with Crippen LogP contribution in [0.25, 0.3) is 0 Å². The molecule has 1 saturated heterocycles. The zero-order valence-corrected chi connectivity index (χ0v) is 14.4. The van der Waals surface area contributed by atoms with Gasteiger partial charge in [-0.25, -0.2) is 0 Å². The summed E-state index contributed by atoms with van der Waals surface area (Å²) in [5.74, 6) is 0.0915. The first-order chi connectivity index (χ1) is 10.6. The molecule has 0 aromatic heterocycles. The van der Waals surface area contributed by atoms with E-state index in [2.05, 4.69) is 31.2 Å². The first-order valence-corrected chi connectivity index (χ1v) is 7.80. The van der Waals surface area contributed by atoms with Gasteiger partial charge in [0.1, 0.15) is 0 Å². The Hall–Kier alpha value is -2.00. The van der Waals surface area contributed by atoms with Crippen LogP contribution in [0, 0.1) is 13.8 Å². The molecule has 1 amide bonds. The van der Waals surface area contributed by atoms with Crippen LogP contribution in [0.3, 0.4) is 0 Å². The lowest BCUT2D eigenvalue weighted by molar-refractivity contribution is 0.0735. The van der Waals surface area contributed by atoms with E-state index in [-0.39, 0.29) is 24.4 Å². The standard InChI is InChI=1S/C19H22N2O.ClH/c1-13-5-3-6-15(11-13)18-7-4-10-21(18)19(22)17-12-16(20)9-8-14(17)2;/h3,5-6,8-9,11-12,18H,4,7,10,20H2,1-2H3;1H. The van der Waals surface area contributed by atoms with Gasteiger partial charge in [-0.15, -0.1) is 12.4 Å². The van der Waals surface area contributed by atoms with Crippen molar-refractivity contribution >= 4 is 24.0 Å². The van der Waals surface area contributed by atoms with Crippen LogP contribution in [0.4, 0.5) is 5.69 Å². The van der Waals surface area contributed by atoms with Crippen molar-refractivity contribution in [3.05, 3.63) is 64.7 Å². The quantitative estimate of drug-likeness (QED) is 0.835. The first-order valence-electron chi connectivity index (χ1n) is 7.80. The van der Waals surface area contributed by atoms with Gasteiger partial charge in [0, 0.05) is 17.8 Å². The lowest BCUT2D eigenvalue weighted by Crippen LogP contribution is -2.31. The summed E-state index contributed by atoms with van der Waals surface area (Å²) in [6.07, 6.45) is 2.07. The average Bonchev–Trinajstić information content (AvgIpc) is 2.98. The molecule has 2 N–H and O–H groups in total. The van der Waals surface area contributed by atoms with Gasteiger partial charge in [-0.2, -0.15) is 0 Å². The molecule has 0 aliphatic carbocycles. The SMILES string of the molecule is Cc1cccc(C2CCCN2C(=O)c2cc(N)ccc2C)c1.Cl. The van der Waals surface area contributed by atoms with Gasteiger partial charge < -0.3 is 10.6 Å². The van der Waals surface area contributed by atoms with Crippen molar-refractivity contribution in [2.75, 3.05) is 12.3 Å². The maximum atomic E-state index is 13.0. The summed E-state index contributed by atoms with van der Waals surface area (Å²) in [5, 5.41) is 0. The van der Waals surface area contributed by atoms with Crippen molar-refractivity contribution < 1.29 is 4.79 Å². The van der Waals surface area contributed by atoms with E-state index in [1.807, 2.05) is 24.0 Å². The third kappa shape index (κ3) is 3.50. The third-order valence-electron chi connectivity index (χ3n) is 4.43. The molecule has 1 aliphatic rings. The van der Waals surface area contributed by atoms with Crippen LogP contribution in [0.1, 0.15) is 45.9 Å². The van der Waals surface area contributed by atoms with Crippen LogP contribution >= 0.6 is 12.4 Å². The fourth-order valence-electron chi connectivity index (χ4n) is 3.26. The van der Waals surface area contributed by atoms with Gasteiger partial charge in [0.2, 0.25) is 0 Å². The second-order valence-electron chi connectivity index (χ2n) is 6.15. The summed E-state index contributed by atoms with van der Waals surface area (Å²) in [5.41, 5.74) is 10.7. The van der Waals surface area contributed by atoms with E-state index in [1.165, 1.54) is 11.1 Å². The molecule has 4 heteroatoms. The number of aryl methyl sites for hydroxylation is 2. The Morgan fingerprint density at radius 1 is 1.17 bits per heavy atom. The van der Waals surface area contributed by atoms with Crippen LogP contribution in [0.5, 0.6) is 0 Å². The second kappa shape index (κ2) is 7.05. The van der Waals surface area contributed by atoms with Crippen molar-refractivity contribution in [3.8, 4) is 0 Å². The first kappa shape index (κ1) is 17.4. The monoisotopic (exact) mass is 330 g/mol. The van der Waals surface area contributed by atoms with Crippen molar-refractivity contribution in [1.82, 2.24) is 4.90 Å². The highest BCUT2D eigenvalue weighted by molar-refractivity contribution is 5.97. The van der Waals surface area contributed by atoms with Crippen LogP contribution in [-0.2, 0) is 0 Å². The molecule has 0 bridgehead atoms. The lowest BCUT2D eigenvalue weighted by atomic mass is 10.0. The molecule has 122 valence electrons. The second-order valence-corrected chi connectivity index (χ2v) is 6.15. The van der Waals surface area contributed by atoms with Gasteiger partial charge >= 0.3 is 0 Å². The number of nitrogens with two attached hydrogens (primary N) is 1. The highest BCUT2D eigenvalue weighted by Crippen LogP contribution is 2.34. The van der Waals surface area contributed by atoms with Gasteiger partial charge in [-0.05, 0) is 49.9 Å². The van der Waals surface area contributed by atoms with E-state index in [9.17, 15) is 4.79 Å². The Morgan fingerprint density at radius 2 is 1.96 bits per heavy atom. The molecule has 23 heavy (non-hydrogen) atoms. The Bertz CT molecular complexity index is 714. The molecular weight excluding hydrogens is 308 g/mol. The normalized spacial score (nSPS) is 17.0. The predicted octanol–water partition coefficient (Wildman–Crippen LogP) is 4.28. The zero-order chi connectivity index (χ0) is 15.7. The molecule has 1 fully saturated rings. The number of benzene rings is 2. The largest absolute Gasteiger partial charge is 0.399 e. The minimum atomic E-state index is 0. The van der Waals surface area contributed by atoms with Gasteiger partial charge in [-0.1, -0.05) is 35.9 Å². The topological polar surface area (TPSA) is 46.3 Å². The zero-order valence-electron chi connectivity index (χ0n) is 13.6. The van der Waals surface area contributed by atoms with E-state index in [4.69, 9.17) is 5.73 Å². The highest BCUT2D eigenvalue weighted by Gasteiger charge is 2.31. The average molecular weight is 331 g/mol. The summed E-state index contributed by atoms with van der Waals surface area (Å²) in [6.45, 7) is 4.86. The molecule has 1 atom stereocenters.